The van der Waals surface area contributed by atoms with Gasteiger partial charge in [0.25, 0.3) is 0 Å². The van der Waals surface area contributed by atoms with Crippen LogP contribution in [0, 0.1) is 25.2 Å². The van der Waals surface area contributed by atoms with Gasteiger partial charge in [-0.2, -0.15) is 0 Å². The second-order valence-corrected chi connectivity index (χ2v) is 17.1. The summed E-state index contributed by atoms with van der Waals surface area (Å²) >= 11 is 0. The molecule has 2 nitrogen and oxygen atoms in total. The summed E-state index contributed by atoms with van der Waals surface area (Å²) in [5.41, 5.74) is 22.8. The molecule has 2 heteroatoms. The molecule has 0 fully saturated rings. The molecule has 11 rings (SSSR count). The monoisotopic (exact) mass is 802 g/mol. The van der Waals surface area contributed by atoms with Crippen molar-refractivity contribution in [2.45, 2.75) is 65.0 Å². The number of anilines is 1. The van der Waals surface area contributed by atoms with Crippen LogP contribution in [0.25, 0.3) is 22.3 Å². The molecule has 0 N–H and O–H groups in total. The van der Waals surface area contributed by atoms with E-state index in [1.807, 2.05) is 37.3 Å². The quantitative estimate of drug-likeness (QED) is 0.125. The maximum atomic E-state index is 5.76. The zero-order valence-electron chi connectivity index (χ0n) is 36.2. The van der Waals surface area contributed by atoms with E-state index in [1.165, 1.54) is 73.4 Å². The van der Waals surface area contributed by atoms with Crippen molar-refractivity contribution in [3.05, 3.63) is 244 Å². The minimum atomic E-state index is -0.256. The zero-order chi connectivity index (χ0) is 42.6. The number of benzene rings is 6. The highest BCUT2D eigenvalue weighted by Gasteiger charge is 2.37. The first-order chi connectivity index (χ1) is 30.4. The summed E-state index contributed by atoms with van der Waals surface area (Å²) in [6.45, 7) is 10.0. The minimum absolute atomic E-state index is 0.256. The van der Waals surface area contributed by atoms with Crippen molar-refractivity contribution in [1.29, 1.82) is 0 Å². The lowest BCUT2D eigenvalue weighted by Gasteiger charge is -2.44. The summed E-state index contributed by atoms with van der Waals surface area (Å²) in [4.78, 5) is 7.50. The van der Waals surface area contributed by atoms with Crippen molar-refractivity contribution in [1.82, 2.24) is 0 Å². The van der Waals surface area contributed by atoms with E-state index in [1.54, 1.807) is 11.1 Å². The number of rotatable bonds is 5. The van der Waals surface area contributed by atoms with Crippen LogP contribution in [0.2, 0.25) is 0 Å². The summed E-state index contributed by atoms with van der Waals surface area (Å²) in [5.74, 6) is 3.41. The van der Waals surface area contributed by atoms with Crippen LogP contribution < -0.4 is 4.90 Å². The van der Waals surface area contributed by atoms with Gasteiger partial charge >= 0.3 is 0 Å². The molecule has 6 aromatic rings. The SMILES string of the molecule is C#CC(N=C(C)c1cccc2c1-c1ccccc1C2)c1ccccc1.C1=CCC(N2C3=CC4=C(CC3Cc3ccccc32)c2ccccc2C4)C=C1.C=C(C)c1cccc(C)c1. The van der Waals surface area contributed by atoms with Gasteiger partial charge in [-0.15, -0.1) is 6.42 Å². The van der Waals surface area contributed by atoms with Crippen LogP contribution in [0.15, 0.2) is 199 Å². The molecule has 0 aromatic heterocycles. The molecular formula is C60H54N2. The van der Waals surface area contributed by atoms with Crippen molar-refractivity contribution >= 4 is 22.5 Å². The number of aryl methyl sites for hydroxylation is 1. The van der Waals surface area contributed by atoms with E-state index in [0.717, 1.165) is 42.5 Å². The summed E-state index contributed by atoms with van der Waals surface area (Å²) in [6.07, 6.45) is 22.9. The highest BCUT2D eigenvalue weighted by Crippen LogP contribution is 2.49. The number of hydrogen-bond donors (Lipinski definition) is 0. The van der Waals surface area contributed by atoms with Crippen molar-refractivity contribution < 1.29 is 0 Å². The Bertz CT molecular complexity index is 2850. The van der Waals surface area contributed by atoms with Crippen molar-refractivity contribution in [3.63, 3.8) is 0 Å². The van der Waals surface area contributed by atoms with E-state index >= 15 is 0 Å². The third-order valence-corrected chi connectivity index (χ3v) is 12.9. The van der Waals surface area contributed by atoms with Gasteiger partial charge in [0.05, 0.1) is 6.04 Å². The topological polar surface area (TPSA) is 15.6 Å². The molecule has 1 aliphatic heterocycles. The molecule has 5 aliphatic rings. The lowest BCUT2D eigenvalue weighted by atomic mass is 9.78. The molecule has 1 heterocycles. The molecule has 0 spiro atoms. The summed E-state index contributed by atoms with van der Waals surface area (Å²) in [7, 11) is 0. The predicted molar refractivity (Wildman–Crippen MR) is 263 cm³/mol. The molecule has 304 valence electrons. The lowest BCUT2D eigenvalue weighted by Crippen LogP contribution is -2.41. The number of nitrogens with zero attached hydrogens (tertiary/aromatic N) is 2. The predicted octanol–water partition coefficient (Wildman–Crippen LogP) is 14.3. The van der Waals surface area contributed by atoms with Gasteiger partial charge in [-0.3, -0.25) is 4.99 Å². The van der Waals surface area contributed by atoms with Crippen LogP contribution in [0.5, 0.6) is 0 Å². The van der Waals surface area contributed by atoms with Crippen LogP contribution >= 0.6 is 0 Å². The van der Waals surface area contributed by atoms with E-state index < -0.39 is 0 Å². The largest absolute Gasteiger partial charge is 0.337 e. The molecule has 6 aromatic carbocycles. The number of para-hydroxylation sites is 1. The summed E-state index contributed by atoms with van der Waals surface area (Å²) < 4.78 is 0. The zero-order valence-corrected chi connectivity index (χ0v) is 36.2. The van der Waals surface area contributed by atoms with E-state index in [2.05, 4.69) is 177 Å². The second-order valence-electron chi connectivity index (χ2n) is 17.1. The molecule has 0 amide bonds. The van der Waals surface area contributed by atoms with E-state index in [-0.39, 0.29) is 6.04 Å². The average Bonchev–Trinajstić information content (AvgIpc) is 3.88. The Morgan fingerprint density at radius 2 is 1.42 bits per heavy atom. The number of fused-ring (bicyclic) bond motifs is 7. The fourth-order valence-corrected chi connectivity index (χ4v) is 9.88. The van der Waals surface area contributed by atoms with Gasteiger partial charge in [0, 0.05) is 28.6 Å². The molecule has 4 aliphatic carbocycles. The smallest absolute Gasteiger partial charge is 0.135 e. The molecule has 0 bridgehead atoms. The maximum Gasteiger partial charge on any atom is 0.135 e. The van der Waals surface area contributed by atoms with Gasteiger partial charge in [-0.05, 0) is 126 Å². The highest BCUT2D eigenvalue weighted by atomic mass is 15.2. The van der Waals surface area contributed by atoms with Gasteiger partial charge in [-0.25, -0.2) is 0 Å². The number of allylic oxidation sites excluding steroid dienone is 7. The van der Waals surface area contributed by atoms with Crippen LogP contribution in [0.3, 0.4) is 0 Å². The summed E-state index contributed by atoms with van der Waals surface area (Å²) in [6, 6.07) is 51.7. The number of hydrogen-bond acceptors (Lipinski definition) is 2. The number of terminal acetylenes is 1. The van der Waals surface area contributed by atoms with Crippen LogP contribution in [0.1, 0.15) is 82.8 Å². The highest BCUT2D eigenvalue weighted by molar-refractivity contribution is 6.06. The van der Waals surface area contributed by atoms with Crippen LogP contribution in [0.4, 0.5) is 5.69 Å². The van der Waals surface area contributed by atoms with E-state index in [9.17, 15) is 0 Å². The Morgan fingerprint density at radius 1 is 0.726 bits per heavy atom. The Labute approximate surface area is 369 Å². The molecule has 0 saturated carbocycles. The maximum absolute atomic E-state index is 5.76. The average molecular weight is 803 g/mol. The van der Waals surface area contributed by atoms with Crippen LogP contribution in [-0.2, 0) is 19.3 Å². The van der Waals surface area contributed by atoms with E-state index in [4.69, 9.17) is 11.4 Å². The third-order valence-electron chi connectivity index (χ3n) is 12.9. The standard InChI is InChI=1S/C26H23N.C24H19N.C10H12/c1-2-10-22(11-3-1)27-25-13-7-5-9-19(25)15-21-16-24-20(17-26(21)27)14-18-8-4-6-12-23(18)24;1-3-23(18-10-5-4-6-11-18)25-17(2)21-15-9-13-20-16-19-12-7-8-14-22(19)24(20)21;1-8(2)10-6-4-5-9(3)7-10/h1-10,12-13,17,21-22H,11,14-16H2;1,4-15,23H,16H2,2H3;4-7H,1H2,2-3H3. The Hall–Kier alpha value is -6.95. The third kappa shape index (κ3) is 8.24. The molecule has 3 atom stereocenters. The first-order valence-electron chi connectivity index (χ1n) is 22.1. The minimum Gasteiger partial charge on any atom is -0.337 e. The van der Waals surface area contributed by atoms with Gasteiger partial charge in [0.15, 0.2) is 0 Å². The fraction of sp³-hybridized carbons (Fsp3) is 0.183. The molecule has 0 saturated heterocycles. The second kappa shape index (κ2) is 18.0. The van der Waals surface area contributed by atoms with E-state index in [0.29, 0.717) is 12.0 Å². The van der Waals surface area contributed by atoms with Crippen LogP contribution in [-0.4, -0.2) is 11.8 Å². The van der Waals surface area contributed by atoms with Gasteiger partial charge in [-0.1, -0.05) is 187 Å². The van der Waals surface area contributed by atoms with Gasteiger partial charge < -0.3 is 4.90 Å². The molecular weight excluding hydrogens is 749 g/mol. The Morgan fingerprint density at radius 3 is 2.15 bits per heavy atom. The van der Waals surface area contributed by atoms with Crippen molar-refractivity contribution in [2.75, 3.05) is 4.90 Å². The first kappa shape index (κ1) is 40.5. The molecule has 3 unspecified atom stereocenters. The Balaban J connectivity index is 0.000000130. The summed E-state index contributed by atoms with van der Waals surface area (Å²) in [5, 5.41) is 0. The van der Waals surface area contributed by atoms with Gasteiger partial charge in [0.1, 0.15) is 6.04 Å². The first-order valence-corrected chi connectivity index (χ1v) is 22.1. The normalized spacial score (nSPS) is 17.9. The molecule has 62 heavy (non-hydrogen) atoms. The number of aliphatic imine (C=N–C) groups is 1. The van der Waals surface area contributed by atoms with Gasteiger partial charge in [0.2, 0.25) is 0 Å². The molecule has 0 radical (unpaired) electrons. The lowest BCUT2D eigenvalue weighted by molar-refractivity contribution is 0.547. The fourth-order valence-electron chi connectivity index (χ4n) is 9.88. The van der Waals surface area contributed by atoms with Crippen molar-refractivity contribution in [3.8, 4) is 23.5 Å². The Kier molecular flexibility index (Phi) is 11.7. The van der Waals surface area contributed by atoms with Crippen molar-refractivity contribution in [2.24, 2.45) is 10.9 Å².